The first kappa shape index (κ1) is 11.5. The fourth-order valence-electron chi connectivity index (χ4n) is 1.58. The number of nitrogens with zero attached hydrogens (tertiary/aromatic N) is 2. The van der Waals surface area contributed by atoms with E-state index in [1.54, 1.807) is 11.5 Å². The number of hydrogen-bond donors (Lipinski definition) is 1. The van der Waals surface area contributed by atoms with Crippen LogP contribution in [0.4, 0.5) is 8.78 Å². The average molecular weight is 239 g/mol. The first-order chi connectivity index (χ1) is 7.99. The molecule has 0 radical (unpaired) electrons. The smallest absolute Gasteiger partial charge is 0.222 e. The molecule has 1 atom stereocenters. The number of halogens is 2. The molecule has 0 spiro atoms. The molecule has 2 N–H and O–H groups in total. The van der Waals surface area contributed by atoms with Crippen LogP contribution in [0.5, 0.6) is 0 Å². The Morgan fingerprint density at radius 2 is 2.12 bits per heavy atom. The number of carbonyl (C=O) groups is 1. The fourth-order valence-corrected chi connectivity index (χ4v) is 1.58. The minimum atomic E-state index is -0.939. The molecule has 1 unspecified atom stereocenters. The predicted molar refractivity (Wildman–Crippen MR) is 58.0 cm³/mol. The second-order valence-electron chi connectivity index (χ2n) is 3.96. The zero-order valence-electron chi connectivity index (χ0n) is 9.15. The number of rotatable bonds is 3. The highest BCUT2D eigenvalue weighted by Gasteiger charge is 2.13. The van der Waals surface area contributed by atoms with Gasteiger partial charge in [0.15, 0.2) is 11.6 Å². The molecule has 1 aromatic carbocycles. The molecular formula is C11H11F2N3O. The summed E-state index contributed by atoms with van der Waals surface area (Å²) in [6.45, 7) is 1.95. The quantitative estimate of drug-likeness (QED) is 0.880. The van der Waals surface area contributed by atoms with Gasteiger partial charge < -0.3 is 10.3 Å². The van der Waals surface area contributed by atoms with Crippen LogP contribution in [0.2, 0.25) is 0 Å². The average Bonchev–Trinajstić information content (AvgIpc) is 2.62. The third-order valence-electron chi connectivity index (χ3n) is 2.62. The third kappa shape index (κ3) is 2.11. The zero-order chi connectivity index (χ0) is 12.6. The normalized spacial score (nSPS) is 12.9. The van der Waals surface area contributed by atoms with E-state index in [9.17, 15) is 13.6 Å². The molecule has 0 aliphatic carbocycles. The highest BCUT2D eigenvalue weighted by Crippen LogP contribution is 2.18. The van der Waals surface area contributed by atoms with Crippen LogP contribution in [0.3, 0.4) is 0 Å². The van der Waals surface area contributed by atoms with Gasteiger partial charge in [0.05, 0.1) is 23.3 Å². The Hall–Kier alpha value is -1.98. The Morgan fingerprint density at radius 1 is 1.47 bits per heavy atom. The van der Waals surface area contributed by atoms with E-state index in [0.29, 0.717) is 11.0 Å². The fraction of sp³-hybridized carbons (Fsp3) is 0.273. The summed E-state index contributed by atoms with van der Waals surface area (Å²) < 4.78 is 27.6. The van der Waals surface area contributed by atoms with Gasteiger partial charge in [-0.2, -0.15) is 0 Å². The maximum Gasteiger partial charge on any atom is 0.222 e. The van der Waals surface area contributed by atoms with Gasteiger partial charge in [-0.1, -0.05) is 6.92 Å². The van der Waals surface area contributed by atoms with Crippen molar-refractivity contribution >= 4 is 16.9 Å². The molecule has 4 nitrogen and oxygen atoms in total. The number of hydrogen-bond acceptors (Lipinski definition) is 2. The Labute approximate surface area is 96.0 Å². The van der Waals surface area contributed by atoms with Crippen LogP contribution >= 0.6 is 0 Å². The summed E-state index contributed by atoms with van der Waals surface area (Å²) in [5.41, 5.74) is 5.93. The van der Waals surface area contributed by atoms with Crippen molar-refractivity contribution in [3.8, 4) is 0 Å². The van der Waals surface area contributed by atoms with Crippen LogP contribution < -0.4 is 5.73 Å². The summed E-state index contributed by atoms with van der Waals surface area (Å²) in [6, 6.07) is 2.08. The van der Waals surface area contributed by atoms with E-state index < -0.39 is 23.5 Å². The molecule has 2 rings (SSSR count). The van der Waals surface area contributed by atoms with Gasteiger partial charge in [-0.3, -0.25) is 4.79 Å². The summed E-state index contributed by atoms with van der Waals surface area (Å²) in [4.78, 5) is 14.9. The van der Waals surface area contributed by atoms with Gasteiger partial charge in [-0.15, -0.1) is 0 Å². The lowest BCUT2D eigenvalue weighted by Gasteiger charge is -2.08. The number of primary amides is 1. The van der Waals surface area contributed by atoms with Crippen LogP contribution in [0.1, 0.15) is 6.92 Å². The van der Waals surface area contributed by atoms with Gasteiger partial charge in [-0.25, -0.2) is 13.8 Å². The molecule has 0 fully saturated rings. The van der Waals surface area contributed by atoms with E-state index in [0.717, 1.165) is 12.1 Å². The standard InChI is InChI=1S/C11H11F2N3O/c1-6(11(14)17)4-16-5-15-9-2-7(12)8(13)3-10(9)16/h2-3,5-6H,4H2,1H3,(H2,14,17). The molecule has 2 aromatic rings. The van der Waals surface area contributed by atoms with Gasteiger partial charge in [0.1, 0.15) is 0 Å². The second-order valence-corrected chi connectivity index (χ2v) is 3.96. The minimum absolute atomic E-state index is 0.289. The number of fused-ring (bicyclic) bond motifs is 1. The molecule has 0 aliphatic rings. The molecule has 0 saturated carbocycles. The van der Waals surface area contributed by atoms with Crippen molar-refractivity contribution in [2.45, 2.75) is 13.5 Å². The SMILES string of the molecule is CC(Cn1cnc2cc(F)c(F)cc21)C(N)=O. The predicted octanol–water partition coefficient (Wildman–Crippen LogP) is 1.44. The minimum Gasteiger partial charge on any atom is -0.369 e. The summed E-state index contributed by atoms with van der Waals surface area (Å²) in [5.74, 6) is -2.73. The molecule has 1 aromatic heterocycles. The monoisotopic (exact) mass is 239 g/mol. The highest BCUT2D eigenvalue weighted by molar-refractivity contribution is 5.78. The van der Waals surface area contributed by atoms with Crippen molar-refractivity contribution in [2.75, 3.05) is 0 Å². The maximum absolute atomic E-state index is 13.1. The highest BCUT2D eigenvalue weighted by atomic mass is 19.2. The zero-order valence-corrected chi connectivity index (χ0v) is 9.15. The van der Waals surface area contributed by atoms with E-state index in [1.165, 1.54) is 6.33 Å². The van der Waals surface area contributed by atoms with Crippen LogP contribution in [0, 0.1) is 17.6 Å². The van der Waals surface area contributed by atoms with Gasteiger partial charge >= 0.3 is 0 Å². The van der Waals surface area contributed by atoms with E-state index >= 15 is 0 Å². The first-order valence-corrected chi connectivity index (χ1v) is 5.08. The molecule has 1 amide bonds. The van der Waals surface area contributed by atoms with Crippen molar-refractivity contribution in [3.63, 3.8) is 0 Å². The van der Waals surface area contributed by atoms with E-state index in [-0.39, 0.29) is 6.54 Å². The molecular weight excluding hydrogens is 228 g/mol. The summed E-state index contributed by atoms with van der Waals surface area (Å²) in [7, 11) is 0. The van der Waals surface area contributed by atoms with Crippen molar-refractivity contribution in [1.29, 1.82) is 0 Å². The number of aromatic nitrogens is 2. The molecule has 6 heteroatoms. The second kappa shape index (κ2) is 4.12. The summed E-state index contributed by atoms with van der Waals surface area (Å²) >= 11 is 0. The van der Waals surface area contributed by atoms with Crippen molar-refractivity contribution in [3.05, 3.63) is 30.1 Å². The summed E-state index contributed by atoms with van der Waals surface area (Å²) in [6.07, 6.45) is 1.43. The van der Waals surface area contributed by atoms with E-state index in [2.05, 4.69) is 4.98 Å². The third-order valence-corrected chi connectivity index (χ3v) is 2.62. The van der Waals surface area contributed by atoms with Crippen LogP contribution in [-0.2, 0) is 11.3 Å². The largest absolute Gasteiger partial charge is 0.369 e. The van der Waals surface area contributed by atoms with Crippen molar-refractivity contribution in [1.82, 2.24) is 9.55 Å². The Morgan fingerprint density at radius 3 is 2.76 bits per heavy atom. The topological polar surface area (TPSA) is 60.9 Å². The molecule has 0 aliphatic heterocycles. The Balaban J connectivity index is 2.42. The van der Waals surface area contributed by atoms with Crippen molar-refractivity contribution in [2.24, 2.45) is 11.7 Å². The molecule has 0 saturated heterocycles. The lowest BCUT2D eigenvalue weighted by atomic mass is 10.1. The number of amides is 1. The summed E-state index contributed by atoms with van der Waals surface area (Å²) in [5, 5.41) is 0. The molecule has 0 bridgehead atoms. The van der Waals surface area contributed by atoms with Crippen LogP contribution in [0.15, 0.2) is 18.5 Å². The Bertz CT molecular complexity index is 579. The molecule has 17 heavy (non-hydrogen) atoms. The maximum atomic E-state index is 13.1. The lowest BCUT2D eigenvalue weighted by Crippen LogP contribution is -2.24. The Kier molecular flexibility index (Phi) is 2.79. The van der Waals surface area contributed by atoms with E-state index in [4.69, 9.17) is 5.73 Å². The van der Waals surface area contributed by atoms with Gasteiger partial charge in [0.25, 0.3) is 0 Å². The lowest BCUT2D eigenvalue weighted by molar-refractivity contribution is -0.121. The van der Waals surface area contributed by atoms with E-state index in [1.807, 2.05) is 0 Å². The van der Waals surface area contributed by atoms with Crippen molar-refractivity contribution < 1.29 is 13.6 Å². The molecule has 90 valence electrons. The number of nitrogens with two attached hydrogens (primary N) is 1. The van der Waals surface area contributed by atoms with Crippen LogP contribution in [-0.4, -0.2) is 15.5 Å². The number of carbonyl (C=O) groups excluding carboxylic acids is 1. The van der Waals surface area contributed by atoms with Gasteiger partial charge in [0, 0.05) is 18.7 Å². The molecule has 1 heterocycles. The first-order valence-electron chi connectivity index (χ1n) is 5.08. The number of benzene rings is 1. The number of imidazole rings is 1. The van der Waals surface area contributed by atoms with Crippen LogP contribution in [0.25, 0.3) is 11.0 Å². The van der Waals surface area contributed by atoms with Gasteiger partial charge in [-0.05, 0) is 0 Å². The van der Waals surface area contributed by atoms with Gasteiger partial charge in [0.2, 0.25) is 5.91 Å².